The van der Waals surface area contributed by atoms with Crippen LogP contribution in [0.4, 0.5) is 0 Å². The van der Waals surface area contributed by atoms with Crippen molar-refractivity contribution in [2.45, 2.75) is 59.7 Å². The summed E-state index contributed by atoms with van der Waals surface area (Å²) in [5.74, 6) is 0.958. The average Bonchev–Trinajstić information content (AvgIpc) is 2.43. The molecule has 3 heteroatoms. The van der Waals surface area contributed by atoms with Crippen LogP contribution >= 0.6 is 0 Å². The Morgan fingerprint density at radius 3 is 2.64 bits per heavy atom. The standard InChI is InChI=1S/C19H32O3/c1-6-21-19(4,5)22-14-16-8-7-9-18(20)13-12-17(11-10-16)15(2)3/h7,9-11,15-17H,6,8,12-14H2,1-5H3. The van der Waals surface area contributed by atoms with Crippen LogP contribution in [0.1, 0.15) is 53.9 Å². The lowest BCUT2D eigenvalue weighted by Gasteiger charge is -2.27. The fourth-order valence-corrected chi connectivity index (χ4v) is 2.62. The van der Waals surface area contributed by atoms with Gasteiger partial charge in [0.1, 0.15) is 0 Å². The van der Waals surface area contributed by atoms with Crippen molar-refractivity contribution in [3.05, 3.63) is 24.3 Å². The van der Waals surface area contributed by atoms with Crippen molar-refractivity contribution in [1.82, 2.24) is 0 Å². The molecule has 0 saturated heterocycles. The summed E-state index contributed by atoms with van der Waals surface area (Å²) in [5, 5.41) is 0. The smallest absolute Gasteiger partial charge is 0.162 e. The van der Waals surface area contributed by atoms with Crippen LogP contribution < -0.4 is 0 Å². The molecule has 126 valence electrons. The molecule has 0 aromatic heterocycles. The van der Waals surface area contributed by atoms with E-state index in [-0.39, 0.29) is 11.7 Å². The summed E-state index contributed by atoms with van der Waals surface area (Å²) in [4.78, 5) is 11.8. The molecule has 22 heavy (non-hydrogen) atoms. The van der Waals surface area contributed by atoms with Crippen LogP contribution in [-0.2, 0) is 14.3 Å². The van der Waals surface area contributed by atoms with E-state index in [4.69, 9.17) is 9.47 Å². The van der Waals surface area contributed by atoms with E-state index < -0.39 is 5.79 Å². The second kappa shape index (κ2) is 9.26. The molecular formula is C19H32O3. The largest absolute Gasteiger partial charge is 0.351 e. The molecule has 0 amide bonds. The molecule has 0 radical (unpaired) electrons. The Morgan fingerprint density at radius 2 is 2.00 bits per heavy atom. The molecule has 0 aromatic carbocycles. The first-order valence-corrected chi connectivity index (χ1v) is 8.49. The molecular weight excluding hydrogens is 276 g/mol. The van der Waals surface area contributed by atoms with Gasteiger partial charge in [-0.3, -0.25) is 4.79 Å². The van der Waals surface area contributed by atoms with E-state index >= 15 is 0 Å². The van der Waals surface area contributed by atoms with Crippen LogP contribution in [0.25, 0.3) is 0 Å². The fraction of sp³-hybridized carbons (Fsp3) is 0.737. The van der Waals surface area contributed by atoms with Crippen molar-refractivity contribution in [3.63, 3.8) is 0 Å². The van der Waals surface area contributed by atoms with Crippen molar-refractivity contribution >= 4 is 5.78 Å². The van der Waals surface area contributed by atoms with Crippen molar-refractivity contribution < 1.29 is 14.3 Å². The van der Waals surface area contributed by atoms with Crippen LogP contribution in [0.15, 0.2) is 24.3 Å². The van der Waals surface area contributed by atoms with Gasteiger partial charge in [0.2, 0.25) is 0 Å². The molecule has 3 nitrogen and oxygen atoms in total. The predicted molar refractivity (Wildman–Crippen MR) is 90.6 cm³/mol. The third kappa shape index (κ3) is 7.37. The van der Waals surface area contributed by atoms with E-state index in [1.807, 2.05) is 26.8 Å². The molecule has 0 spiro atoms. The van der Waals surface area contributed by atoms with E-state index in [2.05, 4.69) is 26.0 Å². The molecule has 0 saturated carbocycles. The first-order chi connectivity index (χ1) is 10.3. The molecule has 1 rings (SSSR count). The Morgan fingerprint density at radius 1 is 1.27 bits per heavy atom. The third-order valence-corrected chi connectivity index (χ3v) is 4.09. The first kappa shape index (κ1) is 19.1. The van der Waals surface area contributed by atoms with E-state index in [0.29, 0.717) is 31.5 Å². The molecule has 1 aliphatic carbocycles. The number of rotatable bonds is 6. The zero-order valence-corrected chi connectivity index (χ0v) is 14.8. The van der Waals surface area contributed by atoms with Gasteiger partial charge >= 0.3 is 0 Å². The second-order valence-corrected chi connectivity index (χ2v) is 6.84. The molecule has 0 aliphatic heterocycles. The summed E-state index contributed by atoms with van der Waals surface area (Å²) in [5.41, 5.74) is 0. The minimum absolute atomic E-state index is 0.232. The molecule has 2 atom stereocenters. The van der Waals surface area contributed by atoms with Crippen LogP contribution in [-0.4, -0.2) is 24.8 Å². The molecule has 2 unspecified atom stereocenters. The van der Waals surface area contributed by atoms with Gasteiger partial charge in [-0.2, -0.15) is 0 Å². The summed E-state index contributed by atoms with van der Waals surface area (Å²) in [6.07, 6.45) is 10.6. The second-order valence-electron chi connectivity index (χ2n) is 6.84. The zero-order chi connectivity index (χ0) is 16.6. The molecule has 1 aliphatic rings. The van der Waals surface area contributed by atoms with Gasteiger partial charge in [0, 0.05) is 18.9 Å². The SMILES string of the molecule is CCOC(C)(C)OCC1C=CC(C(C)C)CCC(=O)C=CC1. The van der Waals surface area contributed by atoms with Crippen LogP contribution in [0.5, 0.6) is 0 Å². The summed E-state index contributed by atoms with van der Waals surface area (Å²) >= 11 is 0. The summed E-state index contributed by atoms with van der Waals surface area (Å²) in [6, 6.07) is 0. The maximum atomic E-state index is 11.8. The number of ether oxygens (including phenoxy) is 2. The van der Waals surface area contributed by atoms with Gasteiger partial charge < -0.3 is 9.47 Å². The maximum absolute atomic E-state index is 11.8. The summed E-state index contributed by atoms with van der Waals surface area (Å²) in [6.45, 7) is 11.5. The van der Waals surface area contributed by atoms with Gasteiger partial charge in [-0.05, 0) is 51.5 Å². The van der Waals surface area contributed by atoms with Crippen molar-refractivity contribution in [1.29, 1.82) is 0 Å². The highest BCUT2D eigenvalue weighted by Gasteiger charge is 2.20. The number of hydrogen-bond donors (Lipinski definition) is 0. The van der Waals surface area contributed by atoms with Gasteiger partial charge in [-0.25, -0.2) is 0 Å². The molecule has 0 N–H and O–H groups in total. The van der Waals surface area contributed by atoms with Crippen LogP contribution in [0, 0.1) is 17.8 Å². The Kier molecular flexibility index (Phi) is 8.05. The van der Waals surface area contributed by atoms with Crippen molar-refractivity contribution in [2.75, 3.05) is 13.2 Å². The zero-order valence-electron chi connectivity index (χ0n) is 14.8. The summed E-state index contributed by atoms with van der Waals surface area (Å²) < 4.78 is 11.5. The van der Waals surface area contributed by atoms with Crippen molar-refractivity contribution in [3.8, 4) is 0 Å². The number of carbonyl (C=O) groups excluding carboxylic acids is 1. The number of ketones is 1. The Bertz CT molecular complexity index is 393. The number of hydrogen-bond acceptors (Lipinski definition) is 3. The quantitative estimate of drug-likeness (QED) is 0.534. The van der Waals surface area contributed by atoms with Gasteiger partial charge in [0.15, 0.2) is 11.6 Å². The molecule has 0 fully saturated rings. The lowest BCUT2D eigenvalue weighted by Crippen LogP contribution is -2.30. The van der Waals surface area contributed by atoms with Gasteiger partial charge in [0.05, 0.1) is 6.61 Å². The number of allylic oxidation sites excluding steroid dienone is 3. The first-order valence-electron chi connectivity index (χ1n) is 8.49. The Balaban J connectivity index is 2.71. The maximum Gasteiger partial charge on any atom is 0.162 e. The highest BCUT2D eigenvalue weighted by atomic mass is 16.7. The molecule has 0 aromatic rings. The molecule has 0 heterocycles. The van der Waals surface area contributed by atoms with E-state index in [0.717, 1.165) is 12.8 Å². The highest BCUT2D eigenvalue weighted by Crippen LogP contribution is 2.23. The Labute approximate surface area is 135 Å². The van der Waals surface area contributed by atoms with Gasteiger partial charge in [0.25, 0.3) is 0 Å². The van der Waals surface area contributed by atoms with E-state index in [9.17, 15) is 4.79 Å². The van der Waals surface area contributed by atoms with E-state index in [1.54, 1.807) is 6.08 Å². The van der Waals surface area contributed by atoms with Crippen LogP contribution in [0.2, 0.25) is 0 Å². The predicted octanol–water partition coefficient (Wildman–Crippen LogP) is 4.53. The monoisotopic (exact) mass is 308 g/mol. The third-order valence-electron chi connectivity index (χ3n) is 4.09. The van der Waals surface area contributed by atoms with Gasteiger partial charge in [-0.1, -0.05) is 32.1 Å². The Hall–Kier alpha value is -0.930. The average molecular weight is 308 g/mol. The normalized spacial score (nSPS) is 24.0. The number of carbonyl (C=O) groups is 1. The lowest BCUT2D eigenvalue weighted by atomic mass is 9.88. The minimum atomic E-state index is -0.561. The molecule has 0 bridgehead atoms. The van der Waals surface area contributed by atoms with Crippen LogP contribution in [0.3, 0.4) is 0 Å². The van der Waals surface area contributed by atoms with Gasteiger partial charge in [-0.15, -0.1) is 0 Å². The summed E-state index contributed by atoms with van der Waals surface area (Å²) in [7, 11) is 0. The lowest BCUT2D eigenvalue weighted by molar-refractivity contribution is -0.214. The minimum Gasteiger partial charge on any atom is -0.351 e. The fourth-order valence-electron chi connectivity index (χ4n) is 2.62. The topological polar surface area (TPSA) is 35.5 Å². The van der Waals surface area contributed by atoms with E-state index in [1.165, 1.54) is 0 Å². The van der Waals surface area contributed by atoms with Crippen molar-refractivity contribution in [2.24, 2.45) is 17.8 Å². The highest BCUT2D eigenvalue weighted by molar-refractivity contribution is 5.89.